The van der Waals surface area contributed by atoms with Gasteiger partial charge in [0, 0.05) is 15.7 Å². The van der Waals surface area contributed by atoms with E-state index >= 15 is 0 Å². The molecule has 0 aliphatic carbocycles. The Balaban J connectivity index is 1.93. The predicted octanol–water partition coefficient (Wildman–Crippen LogP) is 2.35. The fourth-order valence-electron chi connectivity index (χ4n) is 1.91. The summed E-state index contributed by atoms with van der Waals surface area (Å²) in [6.07, 6.45) is 0. The Morgan fingerprint density at radius 1 is 1.12 bits per heavy atom. The lowest BCUT2D eigenvalue weighted by Gasteiger charge is -2.09. The van der Waals surface area contributed by atoms with Crippen molar-refractivity contribution in [3.8, 4) is 5.75 Å². The Bertz CT molecular complexity index is 805. The van der Waals surface area contributed by atoms with Gasteiger partial charge in [0.15, 0.2) is 6.61 Å². The maximum Gasteiger partial charge on any atom is 0.339 e. The number of nitrogens with one attached hydrogen (secondary N) is 1. The number of amides is 2. The number of ether oxygens (including phenoxy) is 2. The topological polar surface area (TPSA) is 108 Å². The quantitative estimate of drug-likeness (QED) is 0.715. The highest BCUT2D eigenvalue weighted by molar-refractivity contribution is 9.10. The van der Waals surface area contributed by atoms with Crippen LogP contribution >= 0.6 is 15.9 Å². The zero-order valence-electron chi connectivity index (χ0n) is 13.2. The third kappa shape index (κ3) is 5.05. The molecule has 0 unspecified atom stereocenters. The van der Waals surface area contributed by atoms with Gasteiger partial charge >= 0.3 is 5.97 Å². The number of hydrogen-bond donors (Lipinski definition) is 2. The van der Waals surface area contributed by atoms with Crippen molar-refractivity contribution in [1.82, 2.24) is 0 Å². The second-order valence-electron chi connectivity index (χ2n) is 4.91. The molecule has 0 bridgehead atoms. The average Bonchev–Trinajstić information content (AvgIpc) is 2.60. The molecular formula is C17H15BrN2O5. The van der Waals surface area contributed by atoms with Crippen LogP contribution in [0.4, 0.5) is 5.69 Å². The number of primary amides is 1. The van der Waals surface area contributed by atoms with Crippen molar-refractivity contribution in [2.45, 2.75) is 0 Å². The van der Waals surface area contributed by atoms with E-state index in [0.717, 1.165) is 0 Å². The Morgan fingerprint density at radius 2 is 1.80 bits per heavy atom. The lowest BCUT2D eigenvalue weighted by atomic mass is 10.2. The predicted molar refractivity (Wildman–Crippen MR) is 94.6 cm³/mol. The van der Waals surface area contributed by atoms with E-state index in [2.05, 4.69) is 21.2 Å². The summed E-state index contributed by atoms with van der Waals surface area (Å²) in [5, 5.41) is 2.55. The SMILES string of the molecule is COc1ccc(Br)c(C(=O)OCC(=O)Nc2ccc(C(N)=O)cc2)c1. The number of rotatable bonds is 6. The molecule has 2 rings (SSSR count). The normalized spacial score (nSPS) is 10.0. The molecule has 25 heavy (non-hydrogen) atoms. The molecule has 0 saturated heterocycles. The summed E-state index contributed by atoms with van der Waals surface area (Å²) >= 11 is 3.24. The number of benzene rings is 2. The van der Waals surface area contributed by atoms with E-state index in [1.807, 2.05) is 0 Å². The van der Waals surface area contributed by atoms with Gasteiger partial charge in [0.25, 0.3) is 5.91 Å². The van der Waals surface area contributed by atoms with Crippen LogP contribution in [0.1, 0.15) is 20.7 Å². The second-order valence-corrected chi connectivity index (χ2v) is 5.77. The zero-order valence-corrected chi connectivity index (χ0v) is 14.8. The highest BCUT2D eigenvalue weighted by Crippen LogP contribution is 2.23. The Labute approximate surface area is 152 Å². The summed E-state index contributed by atoms with van der Waals surface area (Å²) in [5.41, 5.74) is 6.16. The van der Waals surface area contributed by atoms with Crippen LogP contribution < -0.4 is 15.8 Å². The molecule has 2 amide bonds. The van der Waals surface area contributed by atoms with Crippen LogP contribution in [0.3, 0.4) is 0 Å². The van der Waals surface area contributed by atoms with Gasteiger partial charge < -0.3 is 20.5 Å². The van der Waals surface area contributed by atoms with Gasteiger partial charge in [-0.05, 0) is 58.4 Å². The molecule has 0 aliphatic rings. The van der Waals surface area contributed by atoms with Gasteiger partial charge in [0.05, 0.1) is 12.7 Å². The summed E-state index contributed by atoms with van der Waals surface area (Å²) < 4.78 is 10.6. The van der Waals surface area contributed by atoms with Crippen LogP contribution in [-0.4, -0.2) is 31.5 Å². The lowest BCUT2D eigenvalue weighted by Crippen LogP contribution is -2.21. The van der Waals surface area contributed by atoms with E-state index in [0.29, 0.717) is 21.5 Å². The lowest BCUT2D eigenvalue weighted by molar-refractivity contribution is -0.119. The molecule has 0 radical (unpaired) electrons. The van der Waals surface area contributed by atoms with E-state index in [9.17, 15) is 14.4 Å². The van der Waals surface area contributed by atoms with Gasteiger partial charge in [0.1, 0.15) is 5.75 Å². The van der Waals surface area contributed by atoms with Crippen LogP contribution in [0.15, 0.2) is 46.9 Å². The standard InChI is InChI=1S/C17H15BrN2O5/c1-24-12-6-7-14(18)13(8-12)17(23)25-9-15(21)20-11-4-2-10(3-5-11)16(19)22/h2-8H,9H2,1H3,(H2,19,22)(H,20,21). The summed E-state index contributed by atoms with van der Waals surface area (Å²) in [7, 11) is 1.48. The van der Waals surface area contributed by atoms with Crippen LogP contribution in [0.25, 0.3) is 0 Å². The minimum absolute atomic E-state index is 0.248. The maximum absolute atomic E-state index is 12.1. The van der Waals surface area contributed by atoms with Gasteiger partial charge in [-0.15, -0.1) is 0 Å². The van der Waals surface area contributed by atoms with E-state index in [1.54, 1.807) is 12.1 Å². The van der Waals surface area contributed by atoms with Crippen molar-refractivity contribution >= 4 is 39.4 Å². The van der Waals surface area contributed by atoms with Gasteiger partial charge in [-0.25, -0.2) is 4.79 Å². The molecule has 0 spiro atoms. The molecule has 2 aromatic rings. The first-order valence-corrected chi connectivity index (χ1v) is 7.90. The van der Waals surface area contributed by atoms with Gasteiger partial charge in [0.2, 0.25) is 5.91 Å². The van der Waals surface area contributed by atoms with Crippen LogP contribution in [-0.2, 0) is 9.53 Å². The number of anilines is 1. The first kappa shape index (κ1) is 18.5. The summed E-state index contributed by atoms with van der Waals surface area (Å²) in [6, 6.07) is 10.9. The number of hydrogen-bond acceptors (Lipinski definition) is 5. The van der Waals surface area contributed by atoms with Gasteiger partial charge in [-0.2, -0.15) is 0 Å². The van der Waals surface area contributed by atoms with E-state index < -0.39 is 24.4 Å². The van der Waals surface area contributed by atoms with Gasteiger partial charge in [-0.1, -0.05) is 0 Å². The number of esters is 1. The number of carbonyl (C=O) groups is 3. The minimum Gasteiger partial charge on any atom is -0.497 e. The van der Waals surface area contributed by atoms with Gasteiger partial charge in [-0.3, -0.25) is 9.59 Å². The summed E-state index contributed by atoms with van der Waals surface area (Å²) in [4.78, 5) is 34.9. The zero-order chi connectivity index (χ0) is 18.4. The van der Waals surface area contributed by atoms with Crippen molar-refractivity contribution in [1.29, 1.82) is 0 Å². The van der Waals surface area contributed by atoms with Crippen molar-refractivity contribution in [3.05, 3.63) is 58.1 Å². The van der Waals surface area contributed by atoms with Crippen molar-refractivity contribution in [2.75, 3.05) is 19.0 Å². The average molecular weight is 407 g/mol. The molecule has 0 saturated carbocycles. The molecule has 3 N–H and O–H groups in total. The number of methoxy groups -OCH3 is 1. The van der Waals surface area contributed by atoms with Crippen LogP contribution in [0.2, 0.25) is 0 Å². The molecule has 0 aliphatic heterocycles. The van der Waals surface area contributed by atoms with Crippen molar-refractivity contribution in [3.63, 3.8) is 0 Å². The molecule has 7 nitrogen and oxygen atoms in total. The smallest absolute Gasteiger partial charge is 0.339 e. The van der Waals surface area contributed by atoms with Crippen LogP contribution in [0, 0.1) is 0 Å². The fourth-order valence-corrected chi connectivity index (χ4v) is 2.32. The number of halogens is 1. The molecule has 0 aromatic heterocycles. The molecule has 0 atom stereocenters. The molecule has 130 valence electrons. The minimum atomic E-state index is -0.662. The molecule has 0 fully saturated rings. The molecule has 2 aromatic carbocycles. The number of carbonyl (C=O) groups excluding carboxylic acids is 3. The monoisotopic (exact) mass is 406 g/mol. The molecule has 0 heterocycles. The summed E-state index contributed by atoms with van der Waals surface area (Å²) in [6.45, 7) is -0.458. The third-order valence-electron chi connectivity index (χ3n) is 3.18. The highest BCUT2D eigenvalue weighted by Gasteiger charge is 2.15. The Kier molecular flexibility index (Phi) is 6.13. The van der Waals surface area contributed by atoms with E-state index in [-0.39, 0.29) is 5.56 Å². The third-order valence-corrected chi connectivity index (χ3v) is 3.87. The van der Waals surface area contributed by atoms with Crippen molar-refractivity contribution < 1.29 is 23.9 Å². The van der Waals surface area contributed by atoms with E-state index in [1.165, 1.54) is 37.4 Å². The fraction of sp³-hybridized carbons (Fsp3) is 0.118. The largest absolute Gasteiger partial charge is 0.497 e. The second kappa shape index (κ2) is 8.29. The number of nitrogens with two attached hydrogens (primary N) is 1. The Morgan fingerprint density at radius 3 is 2.40 bits per heavy atom. The maximum atomic E-state index is 12.1. The van der Waals surface area contributed by atoms with E-state index in [4.69, 9.17) is 15.2 Å². The molecular weight excluding hydrogens is 392 g/mol. The first-order chi connectivity index (χ1) is 11.9. The van der Waals surface area contributed by atoms with Crippen molar-refractivity contribution in [2.24, 2.45) is 5.73 Å². The first-order valence-electron chi connectivity index (χ1n) is 7.11. The van der Waals surface area contributed by atoms with Crippen LogP contribution in [0.5, 0.6) is 5.75 Å². The molecule has 8 heteroatoms. The summed E-state index contributed by atoms with van der Waals surface area (Å²) in [5.74, 6) is -1.24. The Hall–Kier alpha value is -2.87. The highest BCUT2D eigenvalue weighted by atomic mass is 79.9.